The van der Waals surface area contributed by atoms with Gasteiger partial charge in [-0.1, -0.05) is 63.2 Å². The second-order valence-corrected chi connectivity index (χ2v) is 11.5. The summed E-state index contributed by atoms with van der Waals surface area (Å²) in [6, 6.07) is 20.4. The molecule has 9 nitrogen and oxygen atoms in total. The van der Waals surface area contributed by atoms with E-state index < -0.39 is 0 Å². The Kier molecular flexibility index (Phi) is 8.31. The predicted octanol–water partition coefficient (Wildman–Crippen LogP) is 4.78. The van der Waals surface area contributed by atoms with E-state index in [1.807, 2.05) is 48.5 Å². The molecule has 2 aromatic heterocycles. The van der Waals surface area contributed by atoms with Gasteiger partial charge in [-0.05, 0) is 40.8 Å². The monoisotopic (exact) mass is 565 g/mol. The van der Waals surface area contributed by atoms with Gasteiger partial charge in [0.25, 0.3) is 11.5 Å². The zero-order chi connectivity index (χ0) is 29.9. The smallest absolute Gasteiger partial charge is 0.290 e. The fraction of sp³-hybridized carbons (Fsp3) is 0.303. The van der Waals surface area contributed by atoms with Crippen LogP contribution in [0.5, 0.6) is 0 Å². The fourth-order valence-electron chi connectivity index (χ4n) is 4.80. The molecule has 1 saturated heterocycles. The molecular weight excluding hydrogens is 530 g/mol. The van der Waals surface area contributed by atoms with Crippen molar-refractivity contribution in [2.75, 3.05) is 31.6 Å². The molecule has 2 aromatic carbocycles. The van der Waals surface area contributed by atoms with E-state index in [0.29, 0.717) is 54.6 Å². The first-order chi connectivity index (χ1) is 20.1. The lowest BCUT2D eigenvalue weighted by molar-refractivity contribution is 0.0302. The molecule has 3 heterocycles. The van der Waals surface area contributed by atoms with Crippen molar-refractivity contribution in [1.82, 2.24) is 19.7 Å². The van der Waals surface area contributed by atoms with Crippen LogP contribution in [0.25, 0.3) is 11.3 Å². The van der Waals surface area contributed by atoms with Crippen LogP contribution in [0.15, 0.2) is 77.7 Å². The molecule has 4 aromatic rings. The van der Waals surface area contributed by atoms with Crippen molar-refractivity contribution in [2.24, 2.45) is 7.05 Å². The van der Waals surface area contributed by atoms with Crippen LogP contribution in [0, 0.1) is 0 Å². The Morgan fingerprint density at radius 1 is 0.952 bits per heavy atom. The molecule has 1 N–H and O–H groups in total. The van der Waals surface area contributed by atoms with Gasteiger partial charge in [-0.2, -0.15) is 5.10 Å². The summed E-state index contributed by atoms with van der Waals surface area (Å²) < 4.78 is 6.58. The maximum atomic E-state index is 13.0. The van der Waals surface area contributed by atoms with Gasteiger partial charge in [0.15, 0.2) is 5.78 Å². The highest BCUT2D eigenvalue weighted by Crippen LogP contribution is 2.24. The molecule has 0 bridgehead atoms. The van der Waals surface area contributed by atoms with Crippen LogP contribution in [0.2, 0.25) is 0 Å². The maximum Gasteiger partial charge on any atom is 0.290 e. The molecular formula is C33H35N5O4. The van der Waals surface area contributed by atoms with Crippen molar-refractivity contribution in [1.29, 1.82) is 0 Å². The Labute approximate surface area is 245 Å². The number of aryl methyl sites for hydroxylation is 1. The zero-order valence-corrected chi connectivity index (χ0v) is 24.4. The summed E-state index contributed by atoms with van der Waals surface area (Å²) in [5, 5.41) is 7.51. The molecule has 1 aliphatic rings. The number of ether oxygens (including phenoxy) is 1. The second kappa shape index (κ2) is 12.1. The van der Waals surface area contributed by atoms with E-state index in [2.05, 4.69) is 36.2 Å². The molecule has 0 spiro atoms. The Bertz CT molecular complexity index is 1650. The largest absolute Gasteiger partial charge is 0.378 e. The lowest BCUT2D eigenvalue weighted by Gasteiger charge is -2.26. The number of aromatic nitrogens is 3. The van der Waals surface area contributed by atoms with Gasteiger partial charge in [-0.3, -0.25) is 14.4 Å². The number of nitrogens with zero attached hydrogens (tertiary/aromatic N) is 4. The lowest BCUT2D eigenvalue weighted by atomic mass is 9.86. The number of rotatable bonds is 7. The molecule has 1 aliphatic heterocycles. The van der Waals surface area contributed by atoms with Gasteiger partial charge in [0.05, 0.1) is 24.5 Å². The summed E-state index contributed by atoms with van der Waals surface area (Å²) in [4.78, 5) is 44.7. The van der Waals surface area contributed by atoms with E-state index in [1.165, 1.54) is 16.4 Å². The molecule has 0 atom stereocenters. The van der Waals surface area contributed by atoms with E-state index >= 15 is 0 Å². The first-order valence-electron chi connectivity index (χ1n) is 14.0. The average molecular weight is 566 g/mol. The normalized spacial score (nSPS) is 13.6. The minimum atomic E-state index is -0.320. The second-order valence-electron chi connectivity index (χ2n) is 11.5. The van der Waals surface area contributed by atoms with Crippen LogP contribution in [-0.2, 0) is 23.6 Å². The van der Waals surface area contributed by atoms with Crippen LogP contribution in [0.3, 0.4) is 0 Å². The maximum absolute atomic E-state index is 13.0. The first kappa shape index (κ1) is 28.9. The van der Waals surface area contributed by atoms with Crippen LogP contribution in [0.1, 0.15) is 52.6 Å². The quantitative estimate of drug-likeness (QED) is 0.322. The lowest BCUT2D eigenvalue weighted by Crippen LogP contribution is -2.40. The molecule has 9 heteroatoms. The Morgan fingerprint density at radius 3 is 2.33 bits per heavy atom. The average Bonchev–Trinajstić information content (AvgIpc) is 2.99. The number of pyridine rings is 1. The van der Waals surface area contributed by atoms with Gasteiger partial charge in [0, 0.05) is 43.9 Å². The number of anilines is 2. The summed E-state index contributed by atoms with van der Waals surface area (Å²) >= 11 is 0. The molecule has 0 unspecified atom stereocenters. The van der Waals surface area contributed by atoms with E-state index in [-0.39, 0.29) is 29.1 Å². The summed E-state index contributed by atoms with van der Waals surface area (Å²) in [6.45, 7) is 8.58. The van der Waals surface area contributed by atoms with Crippen molar-refractivity contribution >= 4 is 23.2 Å². The van der Waals surface area contributed by atoms with Gasteiger partial charge in [-0.25, -0.2) is 9.67 Å². The molecule has 0 saturated carbocycles. The van der Waals surface area contributed by atoms with Crippen molar-refractivity contribution in [3.63, 3.8) is 0 Å². The van der Waals surface area contributed by atoms with Crippen LogP contribution < -0.4 is 10.9 Å². The highest BCUT2D eigenvalue weighted by atomic mass is 16.5. The van der Waals surface area contributed by atoms with Crippen molar-refractivity contribution < 1.29 is 14.3 Å². The highest BCUT2D eigenvalue weighted by molar-refractivity contribution is 5.97. The highest BCUT2D eigenvalue weighted by Gasteiger charge is 2.19. The number of carbonyl (C=O) groups excluding carboxylic acids is 2. The fourth-order valence-corrected chi connectivity index (χ4v) is 4.80. The molecule has 0 aliphatic carbocycles. The molecule has 0 radical (unpaired) electrons. The molecule has 42 heavy (non-hydrogen) atoms. The van der Waals surface area contributed by atoms with Crippen LogP contribution in [-0.4, -0.2) is 57.7 Å². The number of hydrogen-bond acceptors (Lipinski definition) is 7. The van der Waals surface area contributed by atoms with Crippen molar-refractivity contribution in [3.8, 4) is 11.3 Å². The number of carbonyl (C=O) groups is 2. The number of benzene rings is 2. The van der Waals surface area contributed by atoms with E-state index in [4.69, 9.17) is 4.74 Å². The van der Waals surface area contributed by atoms with Crippen molar-refractivity contribution in [3.05, 3.63) is 106 Å². The number of amides is 1. The number of nitrogens with one attached hydrogen (secondary N) is 1. The summed E-state index contributed by atoms with van der Waals surface area (Å²) in [6.07, 6.45) is 1.75. The van der Waals surface area contributed by atoms with E-state index in [0.717, 1.165) is 11.1 Å². The SMILES string of the molecule is Cn1nc(-c2cccc(CC(=O)c3ccc(C(C)(C)C)cc3)c2)cc(Nc2ccc(C(=O)N3CCOCC3)cn2)c1=O. The van der Waals surface area contributed by atoms with Gasteiger partial charge < -0.3 is 15.0 Å². The summed E-state index contributed by atoms with van der Waals surface area (Å²) in [7, 11) is 1.59. The molecule has 5 rings (SSSR count). The topological polar surface area (TPSA) is 106 Å². The third kappa shape index (κ3) is 6.63. The standard InChI is InChI=1S/C33H35N5O4/c1-33(2,3)26-11-8-23(9-12-26)29(39)19-22-6-5-7-24(18-22)27-20-28(32(41)37(4)36-27)35-30-13-10-25(21-34-30)31(40)38-14-16-42-17-15-38/h5-13,18,20-21H,14-17,19H2,1-4H3,(H,34,35). The number of Topliss-reactive ketones (excluding diaryl/α,β-unsaturated/α-hetero) is 1. The Balaban J connectivity index is 1.32. The van der Waals surface area contributed by atoms with Gasteiger partial charge in [0.1, 0.15) is 11.5 Å². The molecule has 216 valence electrons. The Hall–Kier alpha value is -4.63. The Morgan fingerprint density at radius 2 is 1.67 bits per heavy atom. The van der Waals surface area contributed by atoms with Crippen molar-refractivity contribution in [2.45, 2.75) is 32.6 Å². The predicted molar refractivity (Wildman–Crippen MR) is 162 cm³/mol. The zero-order valence-electron chi connectivity index (χ0n) is 24.4. The third-order valence-corrected chi connectivity index (χ3v) is 7.29. The third-order valence-electron chi connectivity index (χ3n) is 7.29. The van der Waals surface area contributed by atoms with Gasteiger partial charge in [-0.15, -0.1) is 0 Å². The van der Waals surface area contributed by atoms with Crippen LogP contribution >= 0.6 is 0 Å². The summed E-state index contributed by atoms with van der Waals surface area (Å²) in [5.74, 6) is 0.365. The summed E-state index contributed by atoms with van der Waals surface area (Å²) in [5.41, 5.74) is 4.52. The molecule has 1 fully saturated rings. The first-order valence-corrected chi connectivity index (χ1v) is 14.0. The number of ketones is 1. The van der Waals surface area contributed by atoms with Crippen LogP contribution in [0.4, 0.5) is 11.5 Å². The number of morpholine rings is 1. The minimum Gasteiger partial charge on any atom is -0.378 e. The number of hydrogen-bond donors (Lipinski definition) is 1. The minimum absolute atomic E-state index is 0.0218. The van der Waals surface area contributed by atoms with E-state index in [9.17, 15) is 14.4 Å². The van der Waals surface area contributed by atoms with E-state index in [1.54, 1.807) is 30.1 Å². The molecule has 1 amide bonds. The van der Waals surface area contributed by atoms with Gasteiger partial charge in [0.2, 0.25) is 0 Å². The van der Waals surface area contributed by atoms with Gasteiger partial charge >= 0.3 is 0 Å².